The van der Waals surface area contributed by atoms with Crippen LogP contribution in [0.25, 0.3) is 0 Å². The third-order valence-corrected chi connectivity index (χ3v) is 5.70. The summed E-state index contributed by atoms with van der Waals surface area (Å²) in [5.74, 6) is -1.03. The normalized spacial score (nSPS) is 11.1. The van der Waals surface area contributed by atoms with Crippen LogP contribution in [0, 0.1) is 0 Å². The van der Waals surface area contributed by atoms with Crippen LogP contribution in [-0.4, -0.2) is 33.4 Å². The molecule has 2 rings (SSSR count). The molecule has 0 fully saturated rings. The van der Waals surface area contributed by atoms with E-state index < -0.39 is 16.0 Å². The van der Waals surface area contributed by atoms with Gasteiger partial charge in [-0.25, -0.2) is 17.9 Å². The Hall–Kier alpha value is -2.13. The molecule has 2 N–H and O–H groups in total. The Morgan fingerprint density at radius 2 is 1.71 bits per heavy atom. The Morgan fingerprint density at radius 3 is 2.32 bits per heavy atom. The summed E-state index contributed by atoms with van der Waals surface area (Å²) in [5, 5.41) is 2.91. The van der Waals surface area contributed by atoms with Crippen molar-refractivity contribution >= 4 is 45.1 Å². The zero-order valence-electron chi connectivity index (χ0n) is 14.9. The van der Waals surface area contributed by atoms with Gasteiger partial charge in [-0.05, 0) is 42.8 Å². The number of hydrogen-bond acceptors (Lipinski definition) is 5. The van der Waals surface area contributed by atoms with E-state index in [1.54, 1.807) is 19.1 Å². The highest BCUT2D eigenvalue weighted by molar-refractivity contribution is 7.89. The summed E-state index contributed by atoms with van der Waals surface area (Å²) >= 11 is 11.6. The van der Waals surface area contributed by atoms with Crippen molar-refractivity contribution in [3.8, 4) is 0 Å². The van der Waals surface area contributed by atoms with Crippen molar-refractivity contribution in [1.29, 1.82) is 0 Å². The van der Waals surface area contributed by atoms with Gasteiger partial charge in [-0.1, -0.05) is 35.3 Å². The molecule has 0 saturated carbocycles. The second-order valence-electron chi connectivity index (χ2n) is 5.63. The van der Waals surface area contributed by atoms with Gasteiger partial charge in [0.15, 0.2) is 6.61 Å². The first-order chi connectivity index (χ1) is 13.2. The van der Waals surface area contributed by atoms with Gasteiger partial charge in [0.1, 0.15) is 0 Å². The van der Waals surface area contributed by atoms with Gasteiger partial charge in [0.2, 0.25) is 10.0 Å². The van der Waals surface area contributed by atoms with Crippen molar-refractivity contribution < 1.29 is 22.7 Å². The van der Waals surface area contributed by atoms with Crippen molar-refractivity contribution in [2.75, 3.05) is 13.2 Å². The smallest absolute Gasteiger partial charge is 0.338 e. The molecule has 10 heteroatoms. The van der Waals surface area contributed by atoms with Gasteiger partial charge >= 0.3 is 5.97 Å². The average Bonchev–Trinajstić information content (AvgIpc) is 2.67. The zero-order chi connectivity index (χ0) is 20.7. The van der Waals surface area contributed by atoms with E-state index in [1.165, 1.54) is 30.3 Å². The molecule has 0 bridgehead atoms. The Morgan fingerprint density at radius 1 is 1.04 bits per heavy atom. The minimum Gasteiger partial charge on any atom is -0.452 e. The molecule has 0 spiro atoms. The second-order valence-corrected chi connectivity index (χ2v) is 8.21. The Balaban J connectivity index is 1.95. The van der Waals surface area contributed by atoms with Gasteiger partial charge in [0, 0.05) is 13.1 Å². The number of esters is 1. The molecule has 150 valence electrons. The Bertz CT molecular complexity index is 962. The van der Waals surface area contributed by atoms with E-state index >= 15 is 0 Å². The lowest BCUT2D eigenvalue weighted by Gasteiger charge is -2.09. The third kappa shape index (κ3) is 6.20. The lowest BCUT2D eigenvalue weighted by atomic mass is 10.1. The number of hydrogen-bond donors (Lipinski definition) is 2. The van der Waals surface area contributed by atoms with E-state index in [0.29, 0.717) is 12.1 Å². The lowest BCUT2D eigenvalue weighted by molar-refractivity contribution is -0.124. The molecule has 2 aromatic rings. The maximum atomic E-state index is 12.3. The van der Waals surface area contributed by atoms with Gasteiger partial charge < -0.3 is 10.1 Å². The van der Waals surface area contributed by atoms with Crippen LogP contribution in [0.3, 0.4) is 0 Å². The first kappa shape index (κ1) is 22.2. The van der Waals surface area contributed by atoms with E-state index in [2.05, 4.69) is 10.0 Å². The van der Waals surface area contributed by atoms with E-state index in [9.17, 15) is 18.0 Å². The van der Waals surface area contributed by atoms with Gasteiger partial charge in [-0.2, -0.15) is 0 Å². The number of nitrogens with one attached hydrogen (secondary N) is 2. The quantitative estimate of drug-likeness (QED) is 0.609. The van der Waals surface area contributed by atoms with Crippen molar-refractivity contribution in [2.24, 2.45) is 0 Å². The van der Waals surface area contributed by atoms with Gasteiger partial charge in [0.05, 0.1) is 20.5 Å². The SMILES string of the molecule is CCNC(=O)COC(=O)c1ccc(CNS(=O)(=O)c2ccc(Cl)c(Cl)c2)cc1. The summed E-state index contributed by atoms with van der Waals surface area (Å²) in [7, 11) is -3.78. The molecule has 0 heterocycles. The summed E-state index contributed by atoms with van der Waals surface area (Å²) < 4.78 is 32.0. The fourth-order valence-electron chi connectivity index (χ4n) is 2.13. The zero-order valence-corrected chi connectivity index (χ0v) is 17.2. The maximum absolute atomic E-state index is 12.3. The van der Waals surface area contributed by atoms with E-state index in [4.69, 9.17) is 27.9 Å². The van der Waals surface area contributed by atoms with Crippen molar-refractivity contribution in [3.63, 3.8) is 0 Å². The van der Waals surface area contributed by atoms with Crippen molar-refractivity contribution in [2.45, 2.75) is 18.4 Å². The number of carbonyl (C=O) groups is 2. The number of carbonyl (C=O) groups excluding carboxylic acids is 2. The summed E-state index contributed by atoms with van der Waals surface area (Å²) in [6.07, 6.45) is 0. The monoisotopic (exact) mass is 444 g/mol. The first-order valence-corrected chi connectivity index (χ1v) is 10.4. The number of likely N-dealkylation sites (N-methyl/N-ethyl adjacent to an activating group) is 1. The maximum Gasteiger partial charge on any atom is 0.338 e. The first-order valence-electron chi connectivity index (χ1n) is 8.20. The molecular formula is C18H18Cl2N2O5S. The Kier molecular flexibility index (Phi) is 7.82. The van der Waals surface area contributed by atoms with Crippen LogP contribution in [0.5, 0.6) is 0 Å². The molecule has 1 amide bonds. The topological polar surface area (TPSA) is 102 Å². The highest BCUT2D eigenvalue weighted by Crippen LogP contribution is 2.24. The van der Waals surface area contributed by atoms with E-state index in [0.717, 1.165) is 0 Å². The lowest BCUT2D eigenvalue weighted by Crippen LogP contribution is -2.28. The van der Waals surface area contributed by atoms with Crippen LogP contribution in [0.2, 0.25) is 10.0 Å². The highest BCUT2D eigenvalue weighted by Gasteiger charge is 2.15. The second kappa shape index (κ2) is 9.88. The van der Waals surface area contributed by atoms with Crippen LogP contribution in [0.15, 0.2) is 47.4 Å². The molecule has 0 aliphatic heterocycles. The molecular weight excluding hydrogens is 427 g/mol. The third-order valence-electron chi connectivity index (χ3n) is 3.57. The number of rotatable bonds is 8. The van der Waals surface area contributed by atoms with Crippen LogP contribution in [0.1, 0.15) is 22.8 Å². The van der Waals surface area contributed by atoms with Crippen molar-refractivity contribution in [1.82, 2.24) is 10.0 Å². The molecule has 0 saturated heterocycles. The van der Waals surface area contributed by atoms with E-state index in [-0.39, 0.29) is 39.6 Å². The van der Waals surface area contributed by atoms with Crippen LogP contribution in [-0.2, 0) is 26.1 Å². The summed E-state index contributed by atoms with van der Waals surface area (Å²) in [6, 6.07) is 10.2. The largest absolute Gasteiger partial charge is 0.452 e. The molecule has 0 aromatic heterocycles. The number of sulfonamides is 1. The van der Waals surface area contributed by atoms with Crippen LogP contribution < -0.4 is 10.0 Å². The summed E-state index contributed by atoms with van der Waals surface area (Å²) in [5.41, 5.74) is 0.879. The van der Waals surface area contributed by atoms with Crippen LogP contribution in [0.4, 0.5) is 0 Å². The predicted octanol–water partition coefficient (Wildman–Crippen LogP) is 2.76. The minimum atomic E-state index is -3.78. The molecule has 0 atom stereocenters. The minimum absolute atomic E-state index is 0.00699. The van der Waals surface area contributed by atoms with Gasteiger partial charge in [-0.3, -0.25) is 4.79 Å². The Labute approximate surface area is 173 Å². The van der Waals surface area contributed by atoms with Crippen molar-refractivity contribution in [3.05, 3.63) is 63.6 Å². The highest BCUT2D eigenvalue weighted by atomic mass is 35.5. The molecule has 0 aliphatic carbocycles. The molecule has 0 unspecified atom stereocenters. The number of benzene rings is 2. The standard InChI is InChI=1S/C18H18Cl2N2O5S/c1-2-21-17(23)11-27-18(24)13-5-3-12(4-6-13)10-22-28(25,26)14-7-8-15(19)16(20)9-14/h3-9,22H,2,10-11H2,1H3,(H,21,23). The molecule has 0 aliphatic rings. The predicted molar refractivity (Wildman–Crippen MR) is 106 cm³/mol. The molecule has 7 nitrogen and oxygen atoms in total. The number of amides is 1. The average molecular weight is 445 g/mol. The number of halogens is 2. The number of ether oxygens (including phenoxy) is 1. The summed E-state index contributed by atoms with van der Waals surface area (Å²) in [6.45, 7) is 1.85. The van der Waals surface area contributed by atoms with Gasteiger partial charge in [-0.15, -0.1) is 0 Å². The molecule has 0 radical (unpaired) electrons. The van der Waals surface area contributed by atoms with E-state index in [1.807, 2.05) is 0 Å². The van der Waals surface area contributed by atoms with Crippen LogP contribution >= 0.6 is 23.2 Å². The molecule has 28 heavy (non-hydrogen) atoms. The fourth-order valence-corrected chi connectivity index (χ4v) is 3.53. The fraction of sp³-hybridized carbons (Fsp3) is 0.222. The molecule has 2 aromatic carbocycles. The van der Waals surface area contributed by atoms with Gasteiger partial charge in [0.25, 0.3) is 5.91 Å². The summed E-state index contributed by atoms with van der Waals surface area (Å²) in [4.78, 5) is 23.2.